The summed E-state index contributed by atoms with van der Waals surface area (Å²) < 4.78 is 13.2. The summed E-state index contributed by atoms with van der Waals surface area (Å²) in [5.41, 5.74) is 4.40. The third kappa shape index (κ3) is 6.47. The van der Waals surface area contributed by atoms with Gasteiger partial charge in [0.05, 0.1) is 34.2 Å². The van der Waals surface area contributed by atoms with Gasteiger partial charge in [-0.1, -0.05) is 69.2 Å². The van der Waals surface area contributed by atoms with Gasteiger partial charge in [0.2, 0.25) is 0 Å². The standard InChI is InChI=1S/C46H50N4O4/c1-3-29-27-49-22-18-31(29)25-41(49)43(37-16-20-47-39-14-7-5-12-35(37)39)53-45(51)33-10-9-11-34(24-33)46(52)54-44(38-17-21-48-40-15-8-6-13-36(38)40)42-26-32-19-23-50(42)28-30(32)4-2/h5-17,20-21,24,29-32,41-44H,3-4,18-19,22-23,25-28H2,1-2H3/t29-,30-,31-,32-,41+,42+,43-,44-/m0/s1. The first-order valence-corrected chi connectivity index (χ1v) is 20.2. The van der Waals surface area contributed by atoms with E-state index in [4.69, 9.17) is 9.47 Å². The van der Waals surface area contributed by atoms with Gasteiger partial charge in [-0.25, -0.2) is 9.59 Å². The molecule has 4 bridgehead atoms. The first kappa shape index (κ1) is 35.1. The molecular formula is C46H50N4O4. The molecule has 0 aliphatic carbocycles. The minimum Gasteiger partial charge on any atom is -0.452 e. The zero-order valence-corrected chi connectivity index (χ0v) is 31.3. The highest BCUT2D eigenvalue weighted by Crippen LogP contribution is 2.46. The van der Waals surface area contributed by atoms with Gasteiger partial charge in [0, 0.05) is 47.4 Å². The number of carbonyl (C=O) groups is 2. The van der Waals surface area contributed by atoms with Gasteiger partial charge >= 0.3 is 11.9 Å². The number of hydrogen-bond acceptors (Lipinski definition) is 8. The Morgan fingerprint density at radius 2 is 1.11 bits per heavy atom. The molecule has 8 heteroatoms. The highest BCUT2D eigenvalue weighted by molar-refractivity contribution is 5.96. The molecule has 0 N–H and O–H groups in total. The number of pyridine rings is 2. The van der Waals surface area contributed by atoms with E-state index in [2.05, 4.69) is 45.7 Å². The second kappa shape index (κ2) is 14.9. The molecule has 2 unspecified atom stereocenters. The van der Waals surface area contributed by atoms with E-state index in [-0.39, 0.29) is 12.1 Å². The summed E-state index contributed by atoms with van der Waals surface area (Å²) in [4.78, 5) is 42.8. The third-order valence-electron chi connectivity index (χ3n) is 13.4. The molecule has 8 nitrogen and oxygen atoms in total. The summed E-state index contributed by atoms with van der Waals surface area (Å²) in [6.45, 7) is 8.64. The predicted molar refractivity (Wildman–Crippen MR) is 210 cm³/mol. The van der Waals surface area contributed by atoms with Crippen LogP contribution in [0.5, 0.6) is 0 Å². The van der Waals surface area contributed by atoms with Crippen LogP contribution in [0.1, 0.15) is 96.4 Å². The van der Waals surface area contributed by atoms with E-state index in [1.54, 1.807) is 24.3 Å². The van der Waals surface area contributed by atoms with Crippen LogP contribution in [-0.2, 0) is 9.47 Å². The third-order valence-corrected chi connectivity index (χ3v) is 13.4. The zero-order valence-electron chi connectivity index (χ0n) is 31.3. The number of piperidine rings is 6. The number of carbonyl (C=O) groups excluding carboxylic acids is 2. The SMILES string of the molecule is CC[C@H]1CN2CC[C@H]1C[C@@H]2[C@@H](OC(=O)c1cccc(C(=O)O[C@@H](c2ccnc3ccccc23)[C@H]2C[C@@H]3CCN2C[C@@H]3CC)c1)c1ccnc2ccccc12. The second-order valence-electron chi connectivity index (χ2n) is 16.1. The van der Waals surface area contributed by atoms with E-state index in [0.717, 1.165) is 84.8 Å². The summed E-state index contributed by atoms with van der Waals surface area (Å²) in [6.07, 6.45) is 9.36. The summed E-state index contributed by atoms with van der Waals surface area (Å²) in [7, 11) is 0. The number of rotatable bonds is 10. The lowest BCUT2D eigenvalue weighted by atomic mass is 9.72. The number of fused-ring (bicyclic) bond motifs is 8. The molecule has 6 aliphatic heterocycles. The van der Waals surface area contributed by atoms with Gasteiger partial charge in [-0.3, -0.25) is 19.8 Å². The second-order valence-corrected chi connectivity index (χ2v) is 16.1. The molecule has 11 rings (SSSR count). The fourth-order valence-electron chi connectivity index (χ4n) is 10.5. The smallest absolute Gasteiger partial charge is 0.338 e. The van der Waals surface area contributed by atoms with Crippen molar-refractivity contribution in [2.45, 2.75) is 76.7 Å². The first-order chi connectivity index (χ1) is 26.5. The van der Waals surface area contributed by atoms with E-state index >= 15 is 0 Å². The Kier molecular flexibility index (Phi) is 9.66. The normalized spacial score (nSPS) is 28.5. The van der Waals surface area contributed by atoms with E-state index in [1.165, 1.54) is 12.8 Å². The molecule has 10 atom stereocenters. The molecular weight excluding hydrogens is 673 g/mol. The van der Waals surface area contributed by atoms with Gasteiger partial charge in [-0.05, 0) is 105 Å². The van der Waals surface area contributed by atoms with Gasteiger partial charge in [0.15, 0.2) is 0 Å². The van der Waals surface area contributed by atoms with Gasteiger partial charge in [0.1, 0.15) is 12.2 Å². The lowest BCUT2D eigenvalue weighted by Crippen LogP contribution is -2.55. The molecule has 54 heavy (non-hydrogen) atoms. The van der Waals surface area contributed by atoms with Crippen molar-refractivity contribution in [1.82, 2.24) is 19.8 Å². The van der Waals surface area contributed by atoms with E-state index in [9.17, 15) is 9.59 Å². The van der Waals surface area contributed by atoms with Gasteiger partial charge in [0.25, 0.3) is 0 Å². The summed E-state index contributed by atoms with van der Waals surface area (Å²) in [5, 5.41) is 1.99. The minimum absolute atomic E-state index is 0.0681. The summed E-state index contributed by atoms with van der Waals surface area (Å²) in [5.74, 6) is 1.70. The molecule has 278 valence electrons. The van der Waals surface area contributed by atoms with E-state index in [1.807, 2.05) is 60.9 Å². The zero-order chi connectivity index (χ0) is 36.8. The molecule has 8 heterocycles. The van der Waals surface area contributed by atoms with Crippen molar-refractivity contribution in [2.75, 3.05) is 26.2 Å². The molecule has 3 aromatic carbocycles. The molecule has 0 amide bonds. The highest BCUT2D eigenvalue weighted by Gasteiger charge is 2.46. The van der Waals surface area contributed by atoms with Crippen molar-refractivity contribution in [3.05, 3.63) is 120 Å². The summed E-state index contributed by atoms with van der Waals surface area (Å²) in [6, 6.07) is 27.2. The largest absolute Gasteiger partial charge is 0.452 e. The Labute approximate surface area is 317 Å². The van der Waals surface area contributed by atoms with E-state index in [0.29, 0.717) is 34.8 Å². The number of ether oxygens (including phenoxy) is 2. The van der Waals surface area contributed by atoms with Crippen LogP contribution >= 0.6 is 0 Å². The Hall–Kier alpha value is -4.66. The maximum absolute atomic E-state index is 14.3. The summed E-state index contributed by atoms with van der Waals surface area (Å²) >= 11 is 0. The van der Waals surface area contributed by atoms with Crippen LogP contribution in [0.4, 0.5) is 0 Å². The van der Waals surface area contributed by atoms with Crippen LogP contribution in [0.2, 0.25) is 0 Å². The van der Waals surface area contributed by atoms with Crippen molar-refractivity contribution in [3.63, 3.8) is 0 Å². The predicted octanol–water partition coefficient (Wildman–Crippen LogP) is 8.82. The van der Waals surface area contributed by atoms with Crippen molar-refractivity contribution in [2.24, 2.45) is 23.7 Å². The molecule has 6 aliphatic rings. The van der Waals surface area contributed by atoms with Crippen molar-refractivity contribution < 1.29 is 19.1 Å². The van der Waals surface area contributed by atoms with Gasteiger partial charge in [-0.2, -0.15) is 0 Å². The first-order valence-electron chi connectivity index (χ1n) is 20.2. The van der Waals surface area contributed by atoms with Crippen molar-refractivity contribution >= 4 is 33.7 Å². The molecule has 0 radical (unpaired) electrons. The van der Waals surface area contributed by atoms with Crippen molar-refractivity contribution in [3.8, 4) is 0 Å². The Balaban J connectivity index is 1.01. The Morgan fingerprint density at radius 3 is 1.54 bits per heavy atom. The van der Waals surface area contributed by atoms with Crippen LogP contribution in [0.15, 0.2) is 97.3 Å². The molecule has 0 spiro atoms. The molecule has 0 saturated carbocycles. The van der Waals surface area contributed by atoms with Gasteiger partial charge in [-0.15, -0.1) is 0 Å². The fourth-order valence-corrected chi connectivity index (χ4v) is 10.5. The lowest BCUT2D eigenvalue weighted by Gasteiger charge is -2.51. The fraction of sp³-hybridized carbons (Fsp3) is 0.435. The highest BCUT2D eigenvalue weighted by atomic mass is 16.5. The van der Waals surface area contributed by atoms with Crippen LogP contribution in [0, 0.1) is 23.7 Å². The average molecular weight is 723 g/mol. The maximum atomic E-state index is 14.3. The molecule has 6 saturated heterocycles. The molecule has 2 aromatic heterocycles. The Bertz CT molecular complexity index is 2010. The molecule has 5 aromatic rings. The number of aromatic nitrogens is 2. The van der Waals surface area contributed by atoms with Crippen LogP contribution < -0.4 is 0 Å². The number of para-hydroxylation sites is 2. The number of nitrogens with zero attached hydrogens (tertiary/aromatic N) is 4. The number of hydrogen-bond donors (Lipinski definition) is 0. The quantitative estimate of drug-likeness (QED) is 0.132. The monoisotopic (exact) mass is 722 g/mol. The van der Waals surface area contributed by atoms with E-state index < -0.39 is 24.1 Å². The maximum Gasteiger partial charge on any atom is 0.338 e. The van der Waals surface area contributed by atoms with Crippen LogP contribution in [-0.4, -0.2) is 70.0 Å². The number of benzene rings is 3. The van der Waals surface area contributed by atoms with Crippen molar-refractivity contribution in [1.29, 1.82) is 0 Å². The average Bonchev–Trinajstić information content (AvgIpc) is 3.24. The van der Waals surface area contributed by atoms with Crippen LogP contribution in [0.3, 0.4) is 0 Å². The number of esters is 2. The van der Waals surface area contributed by atoms with Gasteiger partial charge < -0.3 is 9.47 Å². The molecule has 6 fully saturated rings. The Morgan fingerprint density at radius 1 is 0.648 bits per heavy atom. The minimum atomic E-state index is -0.478. The topological polar surface area (TPSA) is 84.9 Å². The van der Waals surface area contributed by atoms with Crippen LogP contribution in [0.25, 0.3) is 21.8 Å². The lowest BCUT2D eigenvalue weighted by molar-refractivity contribution is -0.0661.